The Morgan fingerprint density at radius 1 is 1.45 bits per heavy atom. The molecule has 0 aliphatic heterocycles. The number of rotatable bonds is 8. The number of nitrogens with zero attached hydrogens (tertiary/aromatic N) is 1. The van der Waals surface area contributed by atoms with Gasteiger partial charge in [-0.3, -0.25) is 10.1 Å². The van der Waals surface area contributed by atoms with Gasteiger partial charge in [-0.25, -0.2) is 19.0 Å². The van der Waals surface area contributed by atoms with Gasteiger partial charge in [-0.15, -0.1) is 0 Å². The van der Waals surface area contributed by atoms with Crippen molar-refractivity contribution in [1.82, 2.24) is 4.72 Å². The van der Waals surface area contributed by atoms with Gasteiger partial charge in [-0.1, -0.05) is 38.0 Å². The number of nitro groups is 1. The largest absolute Gasteiger partial charge is 0.310 e. The van der Waals surface area contributed by atoms with E-state index in [1.54, 1.807) is 0 Å². The van der Waals surface area contributed by atoms with Crippen LogP contribution in [0.2, 0.25) is 0 Å². The molecule has 10 heteroatoms. The highest BCUT2D eigenvalue weighted by Gasteiger charge is 2.26. The highest BCUT2D eigenvalue weighted by Crippen LogP contribution is 2.36. The standard InChI is InChI=1S/C10H18N4O4S2/c1-3-7(4-2)6-12-20(17,18)9-5-8(14(15)16)10(13-11)19-9/h5,7,12-13H,3-4,6,11H2,1-2H3. The minimum atomic E-state index is -3.75. The molecule has 1 aromatic rings. The molecule has 0 fully saturated rings. The Labute approximate surface area is 121 Å². The number of sulfonamides is 1. The summed E-state index contributed by atoms with van der Waals surface area (Å²) in [6.07, 6.45) is 1.72. The predicted molar refractivity (Wildman–Crippen MR) is 78.0 cm³/mol. The zero-order valence-electron chi connectivity index (χ0n) is 11.3. The van der Waals surface area contributed by atoms with Gasteiger partial charge < -0.3 is 5.43 Å². The molecule has 0 aliphatic carbocycles. The Morgan fingerprint density at radius 3 is 2.45 bits per heavy atom. The molecule has 20 heavy (non-hydrogen) atoms. The first-order valence-electron chi connectivity index (χ1n) is 6.10. The summed E-state index contributed by atoms with van der Waals surface area (Å²) < 4.78 is 26.5. The molecule has 1 heterocycles. The number of hydrogen-bond acceptors (Lipinski definition) is 7. The molecule has 0 saturated heterocycles. The Bertz CT molecular complexity index is 566. The smallest absolute Gasteiger partial charge is 0.306 e. The Hall–Kier alpha value is -1.23. The van der Waals surface area contributed by atoms with Crippen LogP contribution in [0.5, 0.6) is 0 Å². The third kappa shape index (κ3) is 3.88. The van der Waals surface area contributed by atoms with Crippen molar-refractivity contribution in [2.45, 2.75) is 30.9 Å². The van der Waals surface area contributed by atoms with Crippen LogP contribution >= 0.6 is 11.3 Å². The minimum absolute atomic E-state index is 0.0120. The molecule has 0 unspecified atom stereocenters. The van der Waals surface area contributed by atoms with E-state index in [1.165, 1.54) is 0 Å². The van der Waals surface area contributed by atoms with Crippen LogP contribution in [0.15, 0.2) is 10.3 Å². The number of hydrazine groups is 1. The van der Waals surface area contributed by atoms with E-state index in [0.29, 0.717) is 6.54 Å². The van der Waals surface area contributed by atoms with Gasteiger partial charge in [0.1, 0.15) is 4.21 Å². The average molecular weight is 322 g/mol. The quantitative estimate of drug-likeness (QED) is 0.379. The molecule has 0 aliphatic rings. The molecular weight excluding hydrogens is 304 g/mol. The van der Waals surface area contributed by atoms with Crippen molar-refractivity contribution < 1.29 is 13.3 Å². The van der Waals surface area contributed by atoms with Crippen LogP contribution < -0.4 is 16.0 Å². The molecule has 1 aromatic heterocycles. The summed E-state index contributed by atoms with van der Waals surface area (Å²) in [6, 6.07) is 1.01. The topological polar surface area (TPSA) is 127 Å². The van der Waals surface area contributed by atoms with Gasteiger partial charge in [0.2, 0.25) is 10.0 Å². The third-order valence-electron chi connectivity index (χ3n) is 3.00. The summed E-state index contributed by atoms with van der Waals surface area (Å²) in [4.78, 5) is 10.1. The van der Waals surface area contributed by atoms with E-state index in [4.69, 9.17) is 5.84 Å². The average Bonchev–Trinajstić information content (AvgIpc) is 2.85. The lowest BCUT2D eigenvalue weighted by molar-refractivity contribution is -0.383. The van der Waals surface area contributed by atoms with E-state index in [9.17, 15) is 18.5 Å². The molecule has 8 nitrogen and oxygen atoms in total. The summed E-state index contributed by atoms with van der Waals surface area (Å²) in [6.45, 7) is 4.27. The summed E-state index contributed by atoms with van der Waals surface area (Å²) in [5, 5.41) is 10.8. The van der Waals surface area contributed by atoms with Crippen molar-refractivity contribution >= 4 is 32.0 Å². The number of thiophene rings is 1. The SMILES string of the molecule is CCC(CC)CNS(=O)(=O)c1cc([N+](=O)[O-])c(NN)s1. The van der Waals surface area contributed by atoms with Gasteiger partial charge in [-0.05, 0) is 5.92 Å². The zero-order chi connectivity index (χ0) is 15.3. The fraction of sp³-hybridized carbons (Fsp3) is 0.600. The lowest BCUT2D eigenvalue weighted by Crippen LogP contribution is -2.28. The second-order valence-corrected chi connectivity index (χ2v) is 7.26. The van der Waals surface area contributed by atoms with E-state index in [-0.39, 0.29) is 20.8 Å². The second-order valence-electron chi connectivity index (χ2n) is 4.22. The molecule has 0 amide bonds. The summed E-state index contributed by atoms with van der Waals surface area (Å²) in [5.74, 6) is 5.39. The normalized spacial score (nSPS) is 11.8. The number of nitrogens with one attached hydrogen (secondary N) is 2. The Morgan fingerprint density at radius 2 is 2.05 bits per heavy atom. The Kier molecular flexibility index (Phi) is 5.87. The monoisotopic (exact) mass is 322 g/mol. The van der Waals surface area contributed by atoms with Gasteiger partial charge in [0, 0.05) is 12.6 Å². The highest BCUT2D eigenvalue weighted by atomic mass is 32.2. The number of nitrogen functional groups attached to an aromatic ring is 1. The van der Waals surface area contributed by atoms with Crippen LogP contribution in [-0.4, -0.2) is 19.9 Å². The maximum absolute atomic E-state index is 12.1. The number of nitrogens with two attached hydrogens (primary N) is 1. The van der Waals surface area contributed by atoms with Crippen molar-refractivity contribution in [3.05, 3.63) is 16.2 Å². The summed E-state index contributed by atoms with van der Waals surface area (Å²) in [7, 11) is -3.75. The van der Waals surface area contributed by atoms with Crippen molar-refractivity contribution in [3.8, 4) is 0 Å². The maximum atomic E-state index is 12.1. The fourth-order valence-electron chi connectivity index (χ4n) is 1.61. The van der Waals surface area contributed by atoms with E-state index in [0.717, 1.165) is 30.2 Å². The second kappa shape index (κ2) is 6.97. The van der Waals surface area contributed by atoms with E-state index in [1.807, 2.05) is 13.8 Å². The maximum Gasteiger partial charge on any atom is 0.306 e. The van der Waals surface area contributed by atoms with Gasteiger partial charge in [0.15, 0.2) is 5.00 Å². The van der Waals surface area contributed by atoms with Crippen LogP contribution in [-0.2, 0) is 10.0 Å². The zero-order valence-corrected chi connectivity index (χ0v) is 12.9. The molecule has 0 radical (unpaired) electrons. The molecule has 114 valence electrons. The molecule has 0 aromatic carbocycles. The first-order chi connectivity index (χ1) is 9.35. The van der Waals surface area contributed by atoms with Crippen molar-refractivity contribution in [2.24, 2.45) is 11.8 Å². The minimum Gasteiger partial charge on any atom is -0.310 e. The molecule has 0 atom stereocenters. The lowest BCUT2D eigenvalue weighted by Gasteiger charge is -2.12. The van der Waals surface area contributed by atoms with Crippen LogP contribution in [0, 0.1) is 16.0 Å². The molecule has 0 bridgehead atoms. The molecule has 0 spiro atoms. The highest BCUT2D eigenvalue weighted by molar-refractivity contribution is 7.91. The number of hydrogen-bond donors (Lipinski definition) is 3. The molecular formula is C10H18N4O4S2. The van der Waals surface area contributed by atoms with Crippen LogP contribution in [0.25, 0.3) is 0 Å². The van der Waals surface area contributed by atoms with E-state index in [2.05, 4.69) is 10.1 Å². The van der Waals surface area contributed by atoms with Gasteiger partial charge in [-0.2, -0.15) is 0 Å². The Balaban J connectivity index is 2.95. The third-order valence-corrected chi connectivity index (χ3v) is 5.95. The van der Waals surface area contributed by atoms with E-state index >= 15 is 0 Å². The first-order valence-corrected chi connectivity index (χ1v) is 8.40. The summed E-state index contributed by atoms with van der Waals surface area (Å²) in [5.41, 5.74) is 1.79. The van der Waals surface area contributed by atoms with Crippen LogP contribution in [0.1, 0.15) is 26.7 Å². The van der Waals surface area contributed by atoms with Crippen molar-refractivity contribution in [1.29, 1.82) is 0 Å². The molecule has 1 rings (SSSR count). The van der Waals surface area contributed by atoms with Crippen molar-refractivity contribution in [2.75, 3.05) is 12.0 Å². The van der Waals surface area contributed by atoms with Crippen LogP contribution in [0.3, 0.4) is 0 Å². The lowest BCUT2D eigenvalue weighted by atomic mass is 10.0. The van der Waals surface area contributed by atoms with Gasteiger partial charge in [0.05, 0.1) is 4.92 Å². The predicted octanol–water partition coefficient (Wildman–Crippen LogP) is 1.66. The van der Waals surface area contributed by atoms with E-state index < -0.39 is 14.9 Å². The molecule has 4 N–H and O–H groups in total. The summed E-state index contributed by atoms with van der Waals surface area (Å²) >= 11 is 0.733. The van der Waals surface area contributed by atoms with Crippen LogP contribution in [0.4, 0.5) is 10.7 Å². The van der Waals surface area contributed by atoms with Gasteiger partial charge in [0.25, 0.3) is 0 Å². The number of anilines is 1. The first kappa shape index (κ1) is 16.8. The molecule has 0 saturated carbocycles. The van der Waals surface area contributed by atoms with Crippen molar-refractivity contribution in [3.63, 3.8) is 0 Å². The van der Waals surface area contributed by atoms with Gasteiger partial charge >= 0.3 is 5.69 Å². The fourth-order valence-corrected chi connectivity index (χ4v) is 4.01.